The number of hydrogen-bond donors (Lipinski definition) is 2. The standard InChI is InChI=1S/C8H13N3O/c1-8(2,3)7(12)11-6-4-9-10-5-6/h4-5H,1-3H3,(H,9,10)(H,11,12). The van der Waals surface area contributed by atoms with Gasteiger partial charge in [0.1, 0.15) is 0 Å². The van der Waals surface area contributed by atoms with Crippen molar-refractivity contribution in [2.24, 2.45) is 5.41 Å². The van der Waals surface area contributed by atoms with Crippen LogP contribution in [0.4, 0.5) is 5.69 Å². The number of nitrogens with one attached hydrogen (secondary N) is 2. The topological polar surface area (TPSA) is 57.8 Å². The van der Waals surface area contributed by atoms with E-state index in [1.807, 2.05) is 20.8 Å². The molecule has 0 saturated heterocycles. The van der Waals surface area contributed by atoms with Gasteiger partial charge in [-0.2, -0.15) is 5.10 Å². The number of amides is 1. The Labute approximate surface area is 71.4 Å². The molecule has 1 heterocycles. The van der Waals surface area contributed by atoms with E-state index in [0.29, 0.717) is 5.69 Å². The number of aromatic nitrogens is 2. The molecule has 66 valence electrons. The average molecular weight is 167 g/mol. The largest absolute Gasteiger partial charge is 0.323 e. The van der Waals surface area contributed by atoms with Crippen LogP contribution in [0.15, 0.2) is 12.4 Å². The number of H-pyrrole nitrogens is 1. The second kappa shape index (κ2) is 2.97. The minimum atomic E-state index is -0.364. The van der Waals surface area contributed by atoms with Crippen LogP contribution in [0.3, 0.4) is 0 Å². The van der Waals surface area contributed by atoms with E-state index in [1.54, 1.807) is 12.4 Å². The Morgan fingerprint density at radius 3 is 2.67 bits per heavy atom. The number of hydrogen-bond acceptors (Lipinski definition) is 2. The molecule has 12 heavy (non-hydrogen) atoms. The highest BCUT2D eigenvalue weighted by atomic mass is 16.2. The Kier molecular flexibility index (Phi) is 2.17. The lowest BCUT2D eigenvalue weighted by atomic mass is 9.96. The summed E-state index contributed by atoms with van der Waals surface area (Å²) in [5, 5.41) is 9.07. The van der Waals surface area contributed by atoms with E-state index in [1.165, 1.54) is 0 Å². The third kappa shape index (κ3) is 2.08. The van der Waals surface area contributed by atoms with Crippen molar-refractivity contribution in [2.75, 3.05) is 5.32 Å². The Morgan fingerprint density at radius 1 is 1.58 bits per heavy atom. The summed E-state index contributed by atoms with van der Waals surface area (Å²) in [5.41, 5.74) is 0.340. The molecule has 0 spiro atoms. The second-order valence-electron chi connectivity index (χ2n) is 3.69. The first-order chi connectivity index (χ1) is 5.50. The van der Waals surface area contributed by atoms with Gasteiger partial charge in [0.25, 0.3) is 0 Å². The molecule has 0 aliphatic carbocycles. The van der Waals surface area contributed by atoms with E-state index in [4.69, 9.17) is 0 Å². The lowest BCUT2D eigenvalue weighted by Gasteiger charge is -2.16. The number of aromatic amines is 1. The molecule has 0 radical (unpaired) electrons. The third-order valence-electron chi connectivity index (χ3n) is 1.44. The van der Waals surface area contributed by atoms with E-state index >= 15 is 0 Å². The van der Waals surface area contributed by atoms with Gasteiger partial charge in [0, 0.05) is 11.6 Å². The summed E-state index contributed by atoms with van der Waals surface area (Å²) in [5.74, 6) is -0.0103. The van der Waals surface area contributed by atoms with Crippen molar-refractivity contribution in [1.29, 1.82) is 0 Å². The molecule has 0 aliphatic rings. The molecule has 0 saturated carbocycles. The van der Waals surface area contributed by atoms with E-state index in [2.05, 4.69) is 15.5 Å². The molecule has 1 rings (SSSR count). The lowest BCUT2D eigenvalue weighted by Crippen LogP contribution is -2.27. The van der Waals surface area contributed by atoms with Gasteiger partial charge in [0.05, 0.1) is 11.9 Å². The maximum Gasteiger partial charge on any atom is 0.229 e. The molecular formula is C8H13N3O. The van der Waals surface area contributed by atoms with Crippen LogP contribution in [0.2, 0.25) is 0 Å². The highest BCUT2D eigenvalue weighted by Crippen LogP contribution is 2.15. The SMILES string of the molecule is CC(C)(C)C(=O)Nc1cn[nH]c1. The third-order valence-corrected chi connectivity index (χ3v) is 1.44. The highest BCUT2D eigenvalue weighted by Gasteiger charge is 2.21. The summed E-state index contributed by atoms with van der Waals surface area (Å²) in [6.45, 7) is 5.59. The predicted octanol–water partition coefficient (Wildman–Crippen LogP) is 1.39. The van der Waals surface area contributed by atoms with Gasteiger partial charge in [-0.05, 0) is 0 Å². The van der Waals surface area contributed by atoms with Crippen LogP contribution in [0.1, 0.15) is 20.8 Å². The van der Waals surface area contributed by atoms with Crippen molar-refractivity contribution >= 4 is 11.6 Å². The second-order valence-corrected chi connectivity index (χ2v) is 3.69. The van der Waals surface area contributed by atoms with Crippen LogP contribution in [0.25, 0.3) is 0 Å². The molecule has 4 heteroatoms. The van der Waals surface area contributed by atoms with E-state index in [-0.39, 0.29) is 11.3 Å². The van der Waals surface area contributed by atoms with Crippen molar-refractivity contribution in [3.8, 4) is 0 Å². The van der Waals surface area contributed by atoms with Crippen LogP contribution in [-0.4, -0.2) is 16.1 Å². The molecule has 4 nitrogen and oxygen atoms in total. The molecular weight excluding hydrogens is 154 g/mol. The number of nitrogens with zero attached hydrogens (tertiary/aromatic N) is 1. The summed E-state index contributed by atoms with van der Waals surface area (Å²) >= 11 is 0. The molecule has 0 unspecified atom stereocenters. The van der Waals surface area contributed by atoms with Crippen LogP contribution in [0, 0.1) is 5.41 Å². The number of carbonyl (C=O) groups excluding carboxylic acids is 1. The lowest BCUT2D eigenvalue weighted by molar-refractivity contribution is -0.123. The fraction of sp³-hybridized carbons (Fsp3) is 0.500. The number of carbonyl (C=O) groups is 1. The van der Waals surface area contributed by atoms with Gasteiger partial charge in [-0.1, -0.05) is 20.8 Å². The van der Waals surface area contributed by atoms with E-state index in [9.17, 15) is 4.79 Å². The first-order valence-electron chi connectivity index (χ1n) is 3.80. The Hall–Kier alpha value is -1.32. The Morgan fingerprint density at radius 2 is 2.25 bits per heavy atom. The number of rotatable bonds is 1. The summed E-state index contributed by atoms with van der Waals surface area (Å²) < 4.78 is 0. The minimum absolute atomic E-state index is 0.0103. The Bertz CT molecular complexity index is 258. The van der Waals surface area contributed by atoms with Crippen molar-refractivity contribution in [3.05, 3.63) is 12.4 Å². The van der Waals surface area contributed by atoms with Gasteiger partial charge in [-0.3, -0.25) is 9.89 Å². The predicted molar refractivity (Wildman–Crippen MR) is 46.7 cm³/mol. The molecule has 2 N–H and O–H groups in total. The van der Waals surface area contributed by atoms with Crippen LogP contribution >= 0.6 is 0 Å². The minimum Gasteiger partial charge on any atom is -0.323 e. The zero-order valence-corrected chi connectivity index (χ0v) is 7.51. The molecule has 1 aromatic heterocycles. The van der Waals surface area contributed by atoms with Crippen LogP contribution in [-0.2, 0) is 4.79 Å². The maximum atomic E-state index is 11.4. The molecule has 0 atom stereocenters. The van der Waals surface area contributed by atoms with Crippen molar-refractivity contribution in [1.82, 2.24) is 10.2 Å². The monoisotopic (exact) mass is 167 g/mol. The van der Waals surface area contributed by atoms with Crippen LogP contribution < -0.4 is 5.32 Å². The summed E-state index contributed by atoms with van der Waals surface area (Å²) in [6, 6.07) is 0. The first kappa shape index (κ1) is 8.77. The maximum absolute atomic E-state index is 11.4. The van der Waals surface area contributed by atoms with Gasteiger partial charge < -0.3 is 5.32 Å². The van der Waals surface area contributed by atoms with Gasteiger partial charge in [0.15, 0.2) is 0 Å². The van der Waals surface area contributed by atoms with Gasteiger partial charge in [-0.25, -0.2) is 0 Å². The first-order valence-corrected chi connectivity index (χ1v) is 3.80. The van der Waals surface area contributed by atoms with Gasteiger partial charge in [-0.15, -0.1) is 0 Å². The normalized spacial score (nSPS) is 11.2. The van der Waals surface area contributed by atoms with Gasteiger partial charge >= 0.3 is 0 Å². The summed E-state index contributed by atoms with van der Waals surface area (Å²) in [4.78, 5) is 11.4. The van der Waals surface area contributed by atoms with Gasteiger partial charge in [0.2, 0.25) is 5.91 Å². The summed E-state index contributed by atoms with van der Waals surface area (Å²) in [6.07, 6.45) is 3.22. The average Bonchev–Trinajstić information content (AvgIpc) is 2.37. The molecule has 0 fully saturated rings. The van der Waals surface area contributed by atoms with Crippen molar-refractivity contribution < 1.29 is 4.79 Å². The Balaban J connectivity index is 2.60. The van der Waals surface area contributed by atoms with E-state index < -0.39 is 0 Å². The highest BCUT2D eigenvalue weighted by molar-refractivity contribution is 5.94. The van der Waals surface area contributed by atoms with E-state index in [0.717, 1.165) is 0 Å². The number of anilines is 1. The molecule has 0 bridgehead atoms. The van der Waals surface area contributed by atoms with Crippen molar-refractivity contribution in [2.45, 2.75) is 20.8 Å². The fourth-order valence-electron chi connectivity index (χ4n) is 0.638. The quantitative estimate of drug-likeness (QED) is 0.664. The zero-order chi connectivity index (χ0) is 9.19. The zero-order valence-electron chi connectivity index (χ0n) is 7.51. The molecule has 1 aromatic rings. The summed E-state index contributed by atoms with van der Waals surface area (Å²) in [7, 11) is 0. The molecule has 0 aromatic carbocycles. The molecule has 0 aliphatic heterocycles. The van der Waals surface area contributed by atoms with Crippen LogP contribution in [0.5, 0.6) is 0 Å². The van der Waals surface area contributed by atoms with Crippen molar-refractivity contribution in [3.63, 3.8) is 0 Å². The fourth-order valence-corrected chi connectivity index (χ4v) is 0.638. The smallest absolute Gasteiger partial charge is 0.229 e. The molecule has 1 amide bonds.